The van der Waals surface area contributed by atoms with Gasteiger partial charge in [-0.25, -0.2) is 16.8 Å². The fourth-order valence-electron chi connectivity index (χ4n) is 3.64. The van der Waals surface area contributed by atoms with Crippen LogP contribution in [0.2, 0.25) is 5.02 Å². The highest BCUT2D eigenvalue weighted by Gasteiger charge is 2.28. The van der Waals surface area contributed by atoms with Crippen molar-refractivity contribution in [3.8, 4) is 0 Å². The number of hydrogen-bond acceptors (Lipinski definition) is 6. The third-order valence-electron chi connectivity index (χ3n) is 5.56. The minimum Gasteiger partial charge on any atom is -0.379 e. The number of benzene rings is 3. The molecule has 36 heavy (non-hydrogen) atoms. The molecule has 1 fully saturated rings. The molecular weight excluding hydrogens is 526 g/mol. The fraction of sp³-hybridized carbons (Fsp3) is 0.208. The highest BCUT2D eigenvalue weighted by Crippen LogP contribution is 2.26. The summed E-state index contributed by atoms with van der Waals surface area (Å²) in [5.41, 5.74) is 1.09. The van der Waals surface area contributed by atoms with Crippen LogP contribution in [0, 0.1) is 6.92 Å². The van der Waals surface area contributed by atoms with Crippen LogP contribution < -0.4 is 10.0 Å². The van der Waals surface area contributed by atoms with Crippen LogP contribution in [0.25, 0.3) is 0 Å². The number of amides is 1. The van der Waals surface area contributed by atoms with E-state index in [0.29, 0.717) is 18.8 Å². The minimum atomic E-state index is -4.02. The lowest BCUT2D eigenvalue weighted by atomic mass is 10.2. The first-order valence-corrected chi connectivity index (χ1v) is 14.3. The lowest BCUT2D eigenvalue weighted by Crippen LogP contribution is -2.40. The number of halogens is 1. The summed E-state index contributed by atoms with van der Waals surface area (Å²) < 4.78 is 60.9. The average Bonchev–Trinajstić information content (AvgIpc) is 2.87. The molecule has 1 aliphatic heterocycles. The Balaban J connectivity index is 1.56. The molecule has 0 aliphatic carbocycles. The maximum absolute atomic E-state index is 13.1. The maximum atomic E-state index is 13.1. The van der Waals surface area contributed by atoms with Gasteiger partial charge in [-0.05, 0) is 55.0 Å². The van der Waals surface area contributed by atoms with E-state index in [1.54, 1.807) is 37.3 Å². The number of carbonyl (C=O) groups is 1. The van der Waals surface area contributed by atoms with Crippen LogP contribution in [0.4, 0.5) is 11.4 Å². The highest BCUT2D eigenvalue weighted by atomic mass is 35.5. The summed E-state index contributed by atoms with van der Waals surface area (Å²) >= 11 is 6.05. The Labute approximate surface area is 215 Å². The fourth-order valence-corrected chi connectivity index (χ4v) is 6.66. The second kappa shape index (κ2) is 10.6. The van der Waals surface area contributed by atoms with Gasteiger partial charge in [0.25, 0.3) is 15.9 Å². The number of rotatable bonds is 7. The number of nitrogens with zero attached hydrogens (tertiary/aromatic N) is 1. The minimum absolute atomic E-state index is 0.0789. The number of aryl methyl sites for hydroxylation is 1. The number of para-hydroxylation sites is 1. The average molecular weight is 550 g/mol. The summed E-state index contributed by atoms with van der Waals surface area (Å²) in [6.45, 7) is 2.82. The predicted octanol–water partition coefficient (Wildman–Crippen LogP) is 3.72. The summed E-state index contributed by atoms with van der Waals surface area (Å²) in [5.74, 6) is -0.594. The lowest BCUT2D eigenvalue weighted by molar-refractivity contribution is 0.0730. The summed E-state index contributed by atoms with van der Waals surface area (Å²) in [5, 5.41) is 2.89. The molecule has 0 saturated carbocycles. The van der Waals surface area contributed by atoms with Crippen molar-refractivity contribution in [2.24, 2.45) is 0 Å². The van der Waals surface area contributed by atoms with Crippen molar-refractivity contribution in [3.05, 3.63) is 82.9 Å². The molecule has 190 valence electrons. The predicted molar refractivity (Wildman–Crippen MR) is 137 cm³/mol. The van der Waals surface area contributed by atoms with Crippen molar-refractivity contribution in [2.45, 2.75) is 16.7 Å². The van der Waals surface area contributed by atoms with Gasteiger partial charge in [0.15, 0.2) is 0 Å². The normalized spacial score (nSPS) is 14.8. The number of carbonyl (C=O) groups excluding carboxylic acids is 1. The molecule has 1 amide bonds. The van der Waals surface area contributed by atoms with Gasteiger partial charge in [0.2, 0.25) is 10.0 Å². The topological polar surface area (TPSA) is 122 Å². The van der Waals surface area contributed by atoms with Gasteiger partial charge in [-0.1, -0.05) is 35.9 Å². The molecule has 9 nitrogen and oxygen atoms in total. The van der Waals surface area contributed by atoms with E-state index in [1.807, 2.05) is 0 Å². The smallest absolute Gasteiger partial charge is 0.261 e. The van der Waals surface area contributed by atoms with Crippen molar-refractivity contribution in [1.82, 2.24) is 4.31 Å². The molecule has 2 N–H and O–H groups in total. The van der Waals surface area contributed by atoms with Gasteiger partial charge in [-0.2, -0.15) is 4.31 Å². The summed E-state index contributed by atoms with van der Waals surface area (Å²) in [6.07, 6.45) is 0. The van der Waals surface area contributed by atoms with Crippen LogP contribution in [-0.2, 0) is 24.8 Å². The van der Waals surface area contributed by atoms with Crippen LogP contribution in [0.5, 0.6) is 0 Å². The van der Waals surface area contributed by atoms with Gasteiger partial charge in [-0.3, -0.25) is 9.52 Å². The second-order valence-corrected chi connectivity index (χ2v) is 12.1. The molecule has 1 heterocycles. The van der Waals surface area contributed by atoms with Crippen molar-refractivity contribution < 1.29 is 26.4 Å². The van der Waals surface area contributed by atoms with Crippen LogP contribution in [-0.4, -0.2) is 53.4 Å². The van der Waals surface area contributed by atoms with E-state index in [-0.39, 0.29) is 44.8 Å². The molecule has 3 aromatic carbocycles. The molecule has 1 aliphatic rings. The first kappa shape index (κ1) is 26.1. The third-order valence-corrected chi connectivity index (χ3v) is 9.29. The van der Waals surface area contributed by atoms with Crippen LogP contribution >= 0.6 is 11.6 Å². The quantitative estimate of drug-likeness (QED) is 0.463. The Hall–Kier alpha value is -2.96. The first-order chi connectivity index (χ1) is 17.1. The second-order valence-electron chi connectivity index (χ2n) is 8.06. The molecule has 3 aromatic rings. The number of hydrogen-bond donors (Lipinski definition) is 2. The van der Waals surface area contributed by atoms with E-state index in [2.05, 4.69) is 10.0 Å². The number of nitrogens with one attached hydrogen (secondary N) is 2. The van der Waals surface area contributed by atoms with E-state index >= 15 is 0 Å². The third kappa shape index (κ3) is 5.71. The summed E-state index contributed by atoms with van der Waals surface area (Å²) in [7, 11) is -7.79. The Bertz CT molecular complexity index is 1500. The zero-order chi connectivity index (χ0) is 25.9. The molecule has 0 bridgehead atoms. The van der Waals surface area contributed by atoms with Crippen molar-refractivity contribution in [1.29, 1.82) is 0 Å². The Morgan fingerprint density at radius 2 is 1.67 bits per heavy atom. The van der Waals surface area contributed by atoms with Gasteiger partial charge in [0, 0.05) is 24.3 Å². The molecule has 1 saturated heterocycles. The Morgan fingerprint density at radius 3 is 2.39 bits per heavy atom. The SMILES string of the molecule is Cc1ccc(NC(=O)c2cccc(S(=O)(=O)Nc3ccccc3Cl)c2)cc1S(=O)(=O)N1CCOCC1. The molecule has 12 heteroatoms. The van der Waals surface area contributed by atoms with E-state index in [0.717, 1.165) is 0 Å². The molecule has 0 unspecified atom stereocenters. The largest absolute Gasteiger partial charge is 0.379 e. The van der Waals surface area contributed by atoms with Crippen LogP contribution in [0.3, 0.4) is 0 Å². The molecule has 0 spiro atoms. The zero-order valence-corrected chi connectivity index (χ0v) is 21.7. The van der Waals surface area contributed by atoms with Crippen LogP contribution in [0.1, 0.15) is 15.9 Å². The summed E-state index contributed by atoms with van der Waals surface area (Å²) in [6, 6.07) is 16.5. The van der Waals surface area contributed by atoms with E-state index < -0.39 is 26.0 Å². The number of morpholine rings is 1. The zero-order valence-electron chi connectivity index (χ0n) is 19.3. The Kier molecular flexibility index (Phi) is 7.67. The van der Waals surface area contributed by atoms with Gasteiger partial charge < -0.3 is 10.1 Å². The van der Waals surface area contributed by atoms with Crippen molar-refractivity contribution >= 4 is 48.9 Å². The van der Waals surface area contributed by atoms with E-state index in [4.69, 9.17) is 16.3 Å². The van der Waals surface area contributed by atoms with E-state index in [9.17, 15) is 21.6 Å². The standard InChI is InChI=1S/C24H24ClN3O6S2/c1-17-9-10-19(16-23(17)36(32,33)28-11-13-34-14-12-28)26-24(29)18-5-4-6-20(15-18)35(30,31)27-22-8-3-2-7-21(22)25/h2-10,15-16,27H,11-14H2,1H3,(H,26,29). The summed E-state index contributed by atoms with van der Waals surface area (Å²) in [4.78, 5) is 12.9. The van der Waals surface area contributed by atoms with Gasteiger partial charge >= 0.3 is 0 Å². The number of anilines is 2. The Morgan fingerprint density at radius 1 is 0.944 bits per heavy atom. The monoisotopic (exact) mass is 549 g/mol. The number of sulfonamides is 2. The molecule has 0 radical (unpaired) electrons. The number of ether oxygens (including phenoxy) is 1. The van der Waals surface area contributed by atoms with Crippen molar-refractivity contribution in [2.75, 3.05) is 36.3 Å². The molecule has 4 rings (SSSR count). The van der Waals surface area contributed by atoms with Crippen LogP contribution in [0.15, 0.2) is 76.5 Å². The van der Waals surface area contributed by atoms with Gasteiger partial charge in [0.1, 0.15) is 0 Å². The highest BCUT2D eigenvalue weighted by molar-refractivity contribution is 7.92. The maximum Gasteiger partial charge on any atom is 0.261 e. The van der Waals surface area contributed by atoms with Crippen molar-refractivity contribution in [3.63, 3.8) is 0 Å². The van der Waals surface area contributed by atoms with Gasteiger partial charge in [0.05, 0.1) is 33.7 Å². The molecule has 0 aromatic heterocycles. The van der Waals surface area contributed by atoms with E-state index in [1.165, 1.54) is 40.7 Å². The van der Waals surface area contributed by atoms with Gasteiger partial charge in [-0.15, -0.1) is 0 Å². The molecule has 0 atom stereocenters. The lowest BCUT2D eigenvalue weighted by Gasteiger charge is -2.26. The molecular formula is C24H24ClN3O6S2. The first-order valence-electron chi connectivity index (χ1n) is 11.0.